The van der Waals surface area contributed by atoms with E-state index in [1.807, 2.05) is 0 Å². The lowest BCUT2D eigenvalue weighted by atomic mass is 10.2. The van der Waals surface area contributed by atoms with Crippen LogP contribution in [0.3, 0.4) is 0 Å². The number of carbonyl (C=O) groups is 1. The maximum atomic E-state index is 13.2. The van der Waals surface area contributed by atoms with E-state index in [0.29, 0.717) is 16.1 Å². The number of amides is 1. The third-order valence-electron chi connectivity index (χ3n) is 4.45. The molecule has 31 heavy (non-hydrogen) atoms. The van der Waals surface area contributed by atoms with Crippen LogP contribution in [0.2, 0.25) is 5.02 Å². The molecule has 0 aliphatic carbocycles. The third kappa shape index (κ3) is 6.33. The number of rotatable bonds is 8. The van der Waals surface area contributed by atoms with E-state index in [1.165, 1.54) is 72.8 Å². The Balaban J connectivity index is 1.79. The fraction of sp³-hybridized carbons (Fsp3) is 0.136. The van der Waals surface area contributed by atoms with Gasteiger partial charge in [0.25, 0.3) is 0 Å². The number of carbonyl (C=O) groups excluding carboxylic acids is 1. The minimum Gasteiger partial charge on any atom is -0.351 e. The summed E-state index contributed by atoms with van der Waals surface area (Å²) in [4.78, 5) is 12.5. The highest BCUT2D eigenvalue weighted by Crippen LogP contribution is 2.20. The van der Waals surface area contributed by atoms with Crippen molar-refractivity contribution in [1.82, 2.24) is 9.62 Å². The van der Waals surface area contributed by atoms with Gasteiger partial charge in [-0.3, -0.25) is 4.79 Å². The van der Waals surface area contributed by atoms with Gasteiger partial charge in [-0.15, -0.1) is 0 Å². The lowest BCUT2D eigenvalue weighted by Crippen LogP contribution is -2.40. The highest BCUT2D eigenvalue weighted by atomic mass is 35.5. The van der Waals surface area contributed by atoms with Crippen molar-refractivity contribution in [2.75, 3.05) is 6.54 Å². The van der Waals surface area contributed by atoms with Crippen molar-refractivity contribution in [2.45, 2.75) is 18.0 Å². The zero-order valence-corrected chi connectivity index (χ0v) is 17.8. The Morgan fingerprint density at radius 1 is 0.839 bits per heavy atom. The van der Waals surface area contributed by atoms with Gasteiger partial charge < -0.3 is 5.32 Å². The van der Waals surface area contributed by atoms with E-state index in [1.54, 1.807) is 0 Å². The molecule has 162 valence electrons. The average molecular weight is 465 g/mol. The SMILES string of the molecule is O=C(CN(Cc1ccc(F)cc1)S(=O)(=O)c1ccc(Cl)cc1)NCc1ccc(F)cc1. The van der Waals surface area contributed by atoms with Gasteiger partial charge in [0.15, 0.2) is 0 Å². The van der Waals surface area contributed by atoms with E-state index in [0.717, 1.165) is 4.31 Å². The number of halogens is 3. The normalized spacial score (nSPS) is 11.5. The largest absolute Gasteiger partial charge is 0.351 e. The van der Waals surface area contributed by atoms with Crippen LogP contribution < -0.4 is 5.32 Å². The predicted molar refractivity (Wildman–Crippen MR) is 114 cm³/mol. The molecule has 0 atom stereocenters. The van der Waals surface area contributed by atoms with Gasteiger partial charge in [-0.2, -0.15) is 4.31 Å². The number of benzene rings is 3. The standard InChI is InChI=1S/C22H19ClF2N2O3S/c23-18-5-11-21(12-6-18)31(29,30)27(14-17-3-9-20(25)10-4-17)15-22(28)26-13-16-1-7-19(24)8-2-16/h1-12H,13-15H2,(H,26,28). The minimum atomic E-state index is -4.04. The Labute approximate surface area is 184 Å². The van der Waals surface area contributed by atoms with Gasteiger partial charge in [-0.1, -0.05) is 35.9 Å². The van der Waals surface area contributed by atoms with Crippen LogP contribution in [-0.2, 0) is 27.9 Å². The van der Waals surface area contributed by atoms with Crippen LogP contribution in [0, 0.1) is 11.6 Å². The number of hydrogen-bond donors (Lipinski definition) is 1. The first-order valence-electron chi connectivity index (χ1n) is 9.25. The van der Waals surface area contributed by atoms with Crippen LogP contribution >= 0.6 is 11.6 Å². The maximum Gasteiger partial charge on any atom is 0.243 e. The first kappa shape index (κ1) is 22.9. The fourth-order valence-electron chi connectivity index (χ4n) is 2.79. The zero-order valence-electron chi connectivity index (χ0n) is 16.3. The van der Waals surface area contributed by atoms with Crippen LogP contribution in [0.5, 0.6) is 0 Å². The van der Waals surface area contributed by atoms with E-state index in [-0.39, 0.29) is 18.0 Å². The van der Waals surface area contributed by atoms with Crippen molar-refractivity contribution in [3.8, 4) is 0 Å². The summed E-state index contributed by atoms with van der Waals surface area (Å²) < 4.78 is 53.5. The first-order valence-corrected chi connectivity index (χ1v) is 11.1. The molecule has 0 aliphatic heterocycles. The highest BCUT2D eigenvalue weighted by Gasteiger charge is 2.27. The van der Waals surface area contributed by atoms with Gasteiger partial charge in [0.2, 0.25) is 15.9 Å². The first-order chi connectivity index (χ1) is 14.7. The molecule has 1 amide bonds. The Morgan fingerprint density at radius 2 is 1.35 bits per heavy atom. The molecule has 0 fully saturated rings. The Hall–Kier alpha value is -2.81. The summed E-state index contributed by atoms with van der Waals surface area (Å²) in [5.41, 5.74) is 1.19. The van der Waals surface area contributed by atoms with Gasteiger partial charge in [0.1, 0.15) is 11.6 Å². The van der Waals surface area contributed by atoms with Crippen LogP contribution in [0.15, 0.2) is 77.7 Å². The average Bonchev–Trinajstić information content (AvgIpc) is 2.74. The maximum absolute atomic E-state index is 13.2. The summed E-state index contributed by atoms with van der Waals surface area (Å²) in [7, 11) is -4.04. The topological polar surface area (TPSA) is 66.5 Å². The fourth-order valence-corrected chi connectivity index (χ4v) is 4.30. The third-order valence-corrected chi connectivity index (χ3v) is 6.50. The van der Waals surface area contributed by atoms with Crippen LogP contribution in [-0.4, -0.2) is 25.2 Å². The predicted octanol–water partition coefficient (Wildman–Crippen LogP) is 4.13. The monoisotopic (exact) mass is 464 g/mol. The molecule has 5 nitrogen and oxygen atoms in total. The molecule has 0 heterocycles. The highest BCUT2D eigenvalue weighted by molar-refractivity contribution is 7.89. The molecule has 3 aromatic carbocycles. The molecular weight excluding hydrogens is 446 g/mol. The van der Waals surface area contributed by atoms with Crippen LogP contribution in [0.4, 0.5) is 8.78 Å². The second kappa shape index (κ2) is 10.00. The van der Waals surface area contributed by atoms with E-state index in [9.17, 15) is 22.0 Å². The Kier molecular flexibility index (Phi) is 7.37. The van der Waals surface area contributed by atoms with E-state index in [4.69, 9.17) is 11.6 Å². The minimum absolute atomic E-state index is 0.0228. The van der Waals surface area contributed by atoms with Crippen molar-refractivity contribution in [1.29, 1.82) is 0 Å². The van der Waals surface area contributed by atoms with Crippen LogP contribution in [0.25, 0.3) is 0 Å². The van der Waals surface area contributed by atoms with Gasteiger partial charge >= 0.3 is 0 Å². The molecule has 0 saturated heterocycles. The molecule has 0 bridgehead atoms. The summed E-state index contributed by atoms with van der Waals surface area (Å²) >= 11 is 5.85. The lowest BCUT2D eigenvalue weighted by Gasteiger charge is -2.22. The van der Waals surface area contributed by atoms with Crippen molar-refractivity contribution >= 4 is 27.5 Å². The molecule has 3 aromatic rings. The summed E-state index contributed by atoms with van der Waals surface area (Å²) in [6, 6.07) is 16.5. The second-order valence-corrected chi connectivity index (χ2v) is 9.13. The van der Waals surface area contributed by atoms with E-state index >= 15 is 0 Å². The summed E-state index contributed by atoms with van der Waals surface area (Å²) in [6.07, 6.45) is 0. The molecule has 3 rings (SSSR count). The molecule has 0 aliphatic rings. The Morgan fingerprint density at radius 3 is 1.90 bits per heavy atom. The van der Waals surface area contributed by atoms with Crippen molar-refractivity contribution in [2.24, 2.45) is 0 Å². The zero-order chi connectivity index (χ0) is 22.4. The summed E-state index contributed by atoms with van der Waals surface area (Å²) in [5.74, 6) is -1.38. The number of sulfonamides is 1. The van der Waals surface area contributed by atoms with E-state index < -0.39 is 34.1 Å². The molecule has 0 aromatic heterocycles. The molecule has 1 N–H and O–H groups in total. The number of hydrogen-bond acceptors (Lipinski definition) is 3. The van der Waals surface area contributed by atoms with Gasteiger partial charge in [-0.25, -0.2) is 17.2 Å². The van der Waals surface area contributed by atoms with Gasteiger partial charge in [0.05, 0.1) is 11.4 Å². The Bertz CT molecular complexity index is 1140. The van der Waals surface area contributed by atoms with Gasteiger partial charge in [-0.05, 0) is 59.7 Å². The molecule has 0 saturated carbocycles. The summed E-state index contributed by atoms with van der Waals surface area (Å²) in [5, 5.41) is 3.00. The summed E-state index contributed by atoms with van der Waals surface area (Å²) in [6.45, 7) is -0.469. The lowest BCUT2D eigenvalue weighted by molar-refractivity contribution is -0.121. The quantitative estimate of drug-likeness (QED) is 0.545. The molecule has 0 unspecified atom stereocenters. The smallest absolute Gasteiger partial charge is 0.243 e. The number of nitrogens with one attached hydrogen (secondary N) is 1. The van der Waals surface area contributed by atoms with Crippen molar-refractivity contribution in [3.05, 3.63) is 101 Å². The molecule has 0 spiro atoms. The molecular formula is C22H19ClF2N2O3S. The van der Waals surface area contributed by atoms with Crippen LogP contribution in [0.1, 0.15) is 11.1 Å². The van der Waals surface area contributed by atoms with Crippen molar-refractivity contribution in [3.63, 3.8) is 0 Å². The molecule has 0 radical (unpaired) electrons. The van der Waals surface area contributed by atoms with Crippen molar-refractivity contribution < 1.29 is 22.0 Å². The van der Waals surface area contributed by atoms with E-state index in [2.05, 4.69) is 5.32 Å². The molecule has 9 heteroatoms. The number of nitrogens with zero attached hydrogens (tertiary/aromatic N) is 1. The second-order valence-electron chi connectivity index (χ2n) is 6.76. The van der Waals surface area contributed by atoms with Gasteiger partial charge in [0, 0.05) is 18.1 Å².